The molecule has 23 heavy (non-hydrogen) atoms. The Labute approximate surface area is 141 Å². The second kappa shape index (κ2) is 7.43. The van der Waals surface area contributed by atoms with Gasteiger partial charge in [-0.2, -0.15) is 11.8 Å². The van der Waals surface area contributed by atoms with Crippen LogP contribution in [0.15, 0.2) is 18.2 Å². The van der Waals surface area contributed by atoms with Crippen LogP contribution >= 0.6 is 11.8 Å². The van der Waals surface area contributed by atoms with Crippen LogP contribution in [0.4, 0.5) is 20.6 Å². The first-order chi connectivity index (χ1) is 10.7. The van der Waals surface area contributed by atoms with Gasteiger partial charge in [0, 0.05) is 17.0 Å². The minimum Gasteiger partial charge on any atom is -0.444 e. The molecule has 1 aromatic carbocycles. The van der Waals surface area contributed by atoms with E-state index in [0.29, 0.717) is 11.3 Å². The van der Waals surface area contributed by atoms with E-state index in [1.54, 1.807) is 32.9 Å². The SMILES string of the molecule is CC1SCCCC1Nc1ccc(F)c(NC(=O)OC(C)(C)C)c1. The number of hydrogen-bond acceptors (Lipinski definition) is 4. The van der Waals surface area contributed by atoms with Crippen LogP contribution in [-0.2, 0) is 4.74 Å². The molecule has 0 aliphatic carbocycles. The molecule has 0 saturated carbocycles. The summed E-state index contributed by atoms with van der Waals surface area (Å²) < 4.78 is 19.1. The molecule has 1 amide bonds. The molecule has 2 N–H and O–H groups in total. The van der Waals surface area contributed by atoms with E-state index < -0.39 is 17.5 Å². The number of nitrogens with one attached hydrogen (secondary N) is 2. The molecule has 1 heterocycles. The zero-order valence-corrected chi connectivity index (χ0v) is 14.9. The summed E-state index contributed by atoms with van der Waals surface area (Å²) in [5, 5.41) is 6.42. The highest BCUT2D eigenvalue weighted by Crippen LogP contribution is 2.29. The lowest BCUT2D eigenvalue weighted by Crippen LogP contribution is -2.32. The van der Waals surface area contributed by atoms with E-state index in [1.165, 1.54) is 18.2 Å². The molecule has 1 fully saturated rings. The van der Waals surface area contributed by atoms with Crippen LogP contribution in [0.25, 0.3) is 0 Å². The van der Waals surface area contributed by atoms with Gasteiger partial charge in [-0.05, 0) is 57.6 Å². The number of amides is 1. The second-order valence-electron chi connectivity index (χ2n) is 6.79. The monoisotopic (exact) mass is 340 g/mol. The van der Waals surface area contributed by atoms with E-state index in [1.807, 2.05) is 11.8 Å². The van der Waals surface area contributed by atoms with Crippen LogP contribution < -0.4 is 10.6 Å². The first kappa shape index (κ1) is 17.9. The van der Waals surface area contributed by atoms with Gasteiger partial charge in [-0.15, -0.1) is 0 Å². The molecule has 1 saturated heterocycles. The van der Waals surface area contributed by atoms with Gasteiger partial charge in [-0.1, -0.05) is 6.92 Å². The zero-order chi connectivity index (χ0) is 17.0. The summed E-state index contributed by atoms with van der Waals surface area (Å²) in [7, 11) is 0. The summed E-state index contributed by atoms with van der Waals surface area (Å²) in [6, 6.07) is 5.02. The Morgan fingerprint density at radius 2 is 2.13 bits per heavy atom. The molecule has 1 aliphatic rings. The molecule has 2 unspecified atom stereocenters. The van der Waals surface area contributed by atoms with E-state index in [2.05, 4.69) is 17.6 Å². The Morgan fingerprint density at radius 3 is 2.78 bits per heavy atom. The predicted octanol–water partition coefficient (Wildman–Crippen LogP) is 4.87. The van der Waals surface area contributed by atoms with Crippen LogP contribution in [-0.4, -0.2) is 28.7 Å². The summed E-state index contributed by atoms with van der Waals surface area (Å²) in [6.45, 7) is 7.50. The zero-order valence-electron chi connectivity index (χ0n) is 14.1. The molecule has 0 aromatic heterocycles. The first-order valence-electron chi connectivity index (χ1n) is 7.92. The second-order valence-corrected chi connectivity index (χ2v) is 8.28. The number of hydrogen-bond donors (Lipinski definition) is 2. The van der Waals surface area contributed by atoms with Crippen molar-refractivity contribution in [2.24, 2.45) is 0 Å². The van der Waals surface area contributed by atoms with Crippen molar-refractivity contribution in [2.45, 2.75) is 57.4 Å². The third-order valence-corrected chi connectivity index (χ3v) is 4.94. The molecular weight excluding hydrogens is 315 g/mol. The fourth-order valence-electron chi connectivity index (χ4n) is 2.45. The van der Waals surface area contributed by atoms with Crippen molar-refractivity contribution < 1.29 is 13.9 Å². The number of carbonyl (C=O) groups excluding carboxylic acids is 1. The molecule has 0 spiro atoms. The van der Waals surface area contributed by atoms with Crippen molar-refractivity contribution in [3.8, 4) is 0 Å². The topological polar surface area (TPSA) is 50.4 Å². The number of benzene rings is 1. The fraction of sp³-hybridized carbons (Fsp3) is 0.588. The molecule has 6 heteroatoms. The normalized spacial score (nSPS) is 21.6. The molecular formula is C17H25FN2O2S. The Bertz CT molecular complexity index is 560. The smallest absolute Gasteiger partial charge is 0.412 e. The minimum atomic E-state index is -0.657. The van der Waals surface area contributed by atoms with Gasteiger partial charge in [0.25, 0.3) is 0 Å². The van der Waals surface area contributed by atoms with E-state index >= 15 is 0 Å². The number of thioether (sulfide) groups is 1. The standard InChI is InChI=1S/C17H25FN2O2S/c1-11-14(6-5-9-23-11)19-12-7-8-13(18)15(10-12)20-16(21)22-17(2,3)4/h7-8,10-11,14,19H,5-6,9H2,1-4H3,(H,20,21). The Balaban J connectivity index is 2.05. The van der Waals surface area contributed by atoms with Gasteiger partial charge in [-0.25, -0.2) is 9.18 Å². The molecule has 4 nitrogen and oxygen atoms in total. The lowest BCUT2D eigenvalue weighted by Gasteiger charge is -2.30. The highest BCUT2D eigenvalue weighted by atomic mass is 32.2. The number of anilines is 2. The van der Waals surface area contributed by atoms with Gasteiger partial charge in [0.05, 0.1) is 5.69 Å². The summed E-state index contributed by atoms with van der Waals surface area (Å²) >= 11 is 1.94. The van der Waals surface area contributed by atoms with Gasteiger partial charge in [-0.3, -0.25) is 5.32 Å². The van der Waals surface area contributed by atoms with Crippen molar-refractivity contribution in [1.29, 1.82) is 0 Å². The third kappa shape index (κ3) is 5.61. The van der Waals surface area contributed by atoms with Crippen molar-refractivity contribution >= 4 is 29.2 Å². The maximum absolute atomic E-state index is 13.9. The molecule has 2 atom stereocenters. The van der Waals surface area contributed by atoms with Crippen LogP contribution in [0.1, 0.15) is 40.5 Å². The van der Waals surface area contributed by atoms with Gasteiger partial charge in [0.1, 0.15) is 11.4 Å². The number of ether oxygens (including phenoxy) is 1. The summed E-state index contributed by atoms with van der Waals surface area (Å²) in [4.78, 5) is 11.8. The number of halogens is 1. The molecule has 2 rings (SSSR count). The van der Waals surface area contributed by atoms with Crippen LogP contribution in [0.2, 0.25) is 0 Å². The fourth-order valence-corrected chi connectivity index (χ4v) is 3.59. The first-order valence-corrected chi connectivity index (χ1v) is 8.97. The van der Waals surface area contributed by atoms with Gasteiger partial charge < -0.3 is 10.1 Å². The average molecular weight is 340 g/mol. The van der Waals surface area contributed by atoms with Gasteiger partial charge >= 0.3 is 6.09 Å². The molecule has 128 valence electrons. The molecule has 0 bridgehead atoms. The number of rotatable bonds is 3. The van der Waals surface area contributed by atoms with Crippen LogP contribution in [0.5, 0.6) is 0 Å². The maximum atomic E-state index is 13.9. The van der Waals surface area contributed by atoms with E-state index in [9.17, 15) is 9.18 Å². The van der Waals surface area contributed by atoms with Crippen molar-refractivity contribution in [3.63, 3.8) is 0 Å². The molecule has 1 aliphatic heterocycles. The quantitative estimate of drug-likeness (QED) is 0.824. The average Bonchev–Trinajstić information content (AvgIpc) is 2.43. The molecule has 0 radical (unpaired) electrons. The Kier molecular flexibility index (Phi) is 5.79. The number of carbonyl (C=O) groups is 1. The predicted molar refractivity (Wildman–Crippen MR) is 94.8 cm³/mol. The Hall–Kier alpha value is -1.43. The molecule has 1 aromatic rings. The van der Waals surface area contributed by atoms with Crippen molar-refractivity contribution in [1.82, 2.24) is 0 Å². The minimum absolute atomic E-state index is 0.125. The lowest BCUT2D eigenvalue weighted by molar-refractivity contribution is 0.0635. The maximum Gasteiger partial charge on any atom is 0.412 e. The van der Waals surface area contributed by atoms with Gasteiger partial charge in [0.2, 0.25) is 0 Å². The summed E-state index contributed by atoms with van der Waals surface area (Å²) in [5.41, 5.74) is 0.308. The van der Waals surface area contributed by atoms with E-state index in [-0.39, 0.29) is 5.69 Å². The Morgan fingerprint density at radius 1 is 1.39 bits per heavy atom. The highest BCUT2D eigenvalue weighted by Gasteiger charge is 2.22. The third-order valence-electron chi connectivity index (χ3n) is 3.56. The highest BCUT2D eigenvalue weighted by molar-refractivity contribution is 8.00. The largest absolute Gasteiger partial charge is 0.444 e. The van der Waals surface area contributed by atoms with Crippen molar-refractivity contribution in [2.75, 3.05) is 16.4 Å². The van der Waals surface area contributed by atoms with E-state index in [0.717, 1.165) is 12.1 Å². The van der Waals surface area contributed by atoms with E-state index in [4.69, 9.17) is 4.74 Å². The van der Waals surface area contributed by atoms with Gasteiger partial charge in [0.15, 0.2) is 0 Å². The summed E-state index contributed by atoms with van der Waals surface area (Å²) in [6.07, 6.45) is 1.62. The van der Waals surface area contributed by atoms with Crippen LogP contribution in [0, 0.1) is 5.82 Å². The van der Waals surface area contributed by atoms with Crippen molar-refractivity contribution in [3.05, 3.63) is 24.0 Å². The van der Waals surface area contributed by atoms with Crippen LogP contribution in [0.3, 0.4) is 0 Å². The lowest BCUT2D eigenvalue weighted by atomic mass is 10.1. The summed E-state index contributed by atoms with van der Waals surface area (Å²) in [5.74, 6) is 0.710.